The smallest absolute Gasteiger partial charge is 0.269 e. The Morgan fingerprint density at radius 2 is 1.79 bits per heavy atom. The van der Waals surface area contributed by atoms with Crippen LogP contribution in [0.1, 0.15) is 22.6 Å². The minimum absolute atomic E-state index is 0.0518. The van der Waals surface area contributed by atoms with Crippen LogP contribution in [0.3, 0.4) is 0 Å². The average molecular weight is 403 g/mol. The standard InChI is InChI=1S/C18H17N3O6S/c1-10-8-11(2)16-14(9-10)15(18(23)20(3)28(16,26)27)17(22)19-12-4-6-13(7-5-12)21(24)25/h4-9,15H,1-3H3,(H,19,22). The molecule has 1 unspecified atom stereocenters. The van der Waals surface area contributed by atoms with Crippen LogP contribution in [0.5, 0.6) is 0 Å². The molecule has 0 radical (unpaired) electrons. The van der Waals surface area contributed by atoms with Crippen molar-refractivity contribution < 1.29 is 22.9 Å². The first-order valence-electron chi connectivity index (χ1n) is 8.23. The van der Waals surface area contributed by atoms with Gasteiger partial charge in [-0.1, -0.05) is 17.7 Å². The van der Waals surface area contributed by atoms with Crippen LogP contribution >= 0.6 is 0 Å². The number of nitro groups is 1. The maximum atomic E-state index is 12.9. The highest BCUT2D eigenvalue weighted by Crippen LogP contribution is 2.37. The first-order valence-corrected chi connectivity index (χ1v) is 9.67. The molecule has 2 aromatic carbocycles. The van der Waals surface area contributed by atoms with E-state index >= 15 is 0 Å². The van der Waals surface area contributed by atoms with E-state index in [1.165, 1.54) is 30.3 Å². The second-order valence-corrected chi connectivity index (χ2v) is 8.44. The number of benzene rings is 2. The van der Waals surface area contributed by atoms with Gasteiger partial charge >= 0.3 is 0 Å². The molecule has 1 aliphatic heterocycles. The van der Waals surface area contributed by atoms with Gasteiger partial charge in [0.05, 0.1) is 9.82 Å². The van der Waals surface area contributed by atoms with E-state index in [1.807, 2.05) is 0 Å². The van der Waals surface area contributed by atoms with Crippen molar-refractivity contribution in [3.8, 4) is 0 Å². The van der Waals surface area contributed by atoms with Crippen molar-refractivity contribution in [3.05, 3.63) is 63.2 Å². The molecule has 1 aliphatic rings. The number of fused-ring (bicyclic) bond motifs is 1. The number of hydrogen-bond acceptors (Lipinski definition) is 6. The van der Waals surface area contributed by atoms with E-state index in [0.29, 0.717) is 9.87 Å². The van der Waals surface area contributed by atoms with Gasteiger partial charge in [0.2, 0.25) is 5.91 Å². The van der Waals surface area contributed by atoms with Gasteiger partial charge in [0.1, 0.15) is 5.92 Å². The lowest BCUT2D eigenvalue weighted by Gasteiger charge is -2.31. The van der Waals surface area contributed by atoms with E-state index in [9.17, 15) is 28.1 Å². The summed E-state index contributed by atoms with van der Waals surface area (Å²) < 4.78 is 25.9. The number of rotatable bonds is 3. The highest BCUT2D eigenvalue weighted by atomic mass is 32.2. The van der Waals surface area contributed by atoms with E-state index in [2.05, 4.69) is 5.32 Å². The summed E-state index contributed by atoms with van der Waals surface area (Å²) in [5.41, 5.74) is 1.40. The molecule has 0 saturated heterocycles. The fourth-order valence-corrected chi connectivity index (χ4v) is 4.82. The molecule has 10 heteroatoms. The number of non-ortho nitro benzene ring substituents is 1. The van der Waals surface area contributed by atoms with Crippen molar-refractivity contribution in [1.82, 2.24) is 4.31 Å². The first-order chi connectivity index (χ1) is 13.0. The van der Waals surface area contributed by atoms with Crippen molar-refractivity contribution in [2.24, 2.45) is 0 Å². The number of carbonyl (C=O) groups excluding carboxylic acids is 2. The minimum atomic E-state index is -4.04. The van der Waals surface area contributed by atoms with Crippen molar-refractivity contribution in [1.29, 1.82) is 0 Å². The molecule has 1 heterocycles. The summed E-state index contributed by atoms with van der Waals surface area (Å²) in [6.45, 7) is 3.35. The molecule has 1 N–H and O–H groups in total. The summed E-state index contributed by atoms with van der Waals surface area (Å²) in [5, 5.41) is 13.3. The molecule has 2 aromatic rings. The molecule has 0 bridgehead atoms. The van der Waals surface area contributed by atoms with Crippen molar-refractivity contribution in [2.45, 2.75) is 24.7 Å². The molecule has 0 saturated carbocycles. The van der Waals surface area contributed by atoms with Gasteiger partial charge in [0.15, 0.2) is 0 Å². The summed E-state index contributed by atoms with van der Waals surface area (Å²) in [7, 11) is -2.93. The number of likely N-dealkylation sites (N-methyl/N-ethyl adjacent to an activating group) is 1. The Labute approximate surface area is 161 Å². The van der Waals surface area contributed by atoms with Gasteiger partial charge in [-0.15, -0.1) is 0 Å². The highest BCUT2D eigenvalue weighted by molar-refractivity contribution is 7.89. The van der Waals surface area contributed by atoms with Gasteiger partial charge in [0, 0.05) is 24.9 Å². The number of nitrogens with one attached hydrogen (secondary N) is 1. The zero-order valence-electron chi connectivity index (χ0n) is 15.3. The Balaban J connectivity index is 2.04. The van der Waals surface area contributed by atoms with Crippen LogP contribution in [-0.2, 0) is 19.6 Å². The molecular formula is C18H17N3O6S. The Bertz CT molecular complexity index is 1110. The van der Waals surface area contributed by atoms with Crippen LogP contribution in [0.2, 0.25) is 0 Å². The second kappa shape index (κ2) is 6.71. The van der Waals surface area contributed by atoms with Crippen LogP contribution < -0.4 is 5.32 Å². The molecule has 3 rings (SSSR count). The Morgan fingerprint density at radius 3 is 2.36 bits per heavy atom. The van der Waals surface area contributed by atoms with Gasteiger partial charge in [-0.25, -0.2) is 12.7 Å². The minimum Gasteiger partial charge on any atom is -0.325 e. The van der Waals surface area contributed by atoms with E-state index in [0.717, 1.165) is 12.6 Å². The fraction of sp³-hybridized carbons (Fsp3) is 0.222. The van der Waals surface area contributed by atoms with Crippen LogP contribution in [0.25, 0.3) is 0 Å². The number of nitrogens with zero attached hydrogens (tertiary/aromatic N) is 2. The first kappa shape index (κ1) is 19.5. The fourth-order valence-electron chi connectivity index (χ4n) is 3.26. The molecular weight excluding hydrogens is 386 g/mol. The molecule has 1 atom stereocenters. The number of aryl methyl sites for hydroxylation is 2. The van der Waals surface area contributed by atoms with Gasteiger partial charge in [-0.2, -0.15) is 0 Å². The van der Waals surface area contributed by atoms with Crippen LogP contribution in [0.15, 0.2) is 41.3 Å². The van der Waals surface area contributed by atoms with E-state index in [1.54, 1.807) is 19.9 Å². The van der Waals surface area contributed by atoms with Crippen LogP contribution in [0.4, 0.5) is 11.4 Å². The van der Waals surface area contributed by atoms with E-state index in [4.69, 9.17) is 0 Å². The zero-order chi connectivity index (χ0) is 20.8. The number of sulfonamides is 1. The van der Waals surface area contributed by atoms with Crippen LogP contribution in [-0.4, -0.2) is 36.5 Å². The lowest BCUT2D eigenvalue weighted by Crippen LogP contribution is -2.46. The van der Waals surface area contributed by atoms with Gasteiger partial charge < -0.3 is 5.32 Å². The maximum absolute atomic E-state index is 12.9. The van der Waals surface area contributed by atoms with E-state index < -0.39 is 32.7 Å². The normalized spacial score (nSPS) is 17.8. The number of anilines is 1. The number of amides is 2. The van der Waals surface area contributed by atoms with Gasteiger partial charge in [0.25, 0.3) is 21.6 Å². The third kappa shape index (κ3) is 3.11. The number of hydrogen-bond donors (Lipinski definition) is 1. The lowest BCUT2D eigenvalue weighted by molar-refractivity contribution is -0.384. The summed E-state index contributed by atoms with van der Waals surface area (Å²) in [6, 6.07) is 8.31. The Kier molecular flexibility index (Phi) is 4.67. The van der Waals surface area contributed by atoms with Crippen molar-refractivity contribution in [3.63, 3.8) is 0 Å². The molecule has 0 aromatic heterocycles. The molecule has 0 fully saturated rings. The molecule has 0 spiro atoms. The van der Waals surface area contributed by atoms with Crippen LogP contribution in [0, 0.1) is 24.0 Å². The third-order valence-corrected chi connectivity index (χ3v) is 6.52. The van der Waals surface area contributed by atoms with E-state index in [-0.39, 0.29) is 21.8 Å². The third-order valence-electron chi connectivity index (χ3n) is 4.54. The molecule has 2 amide bonds. The monoisotopic (exact) mass is 403 g/mol. The molecule has 28 heavy (non-hydrogen) atoms. The summed E-state index contributed by atoms with van der Waals surface area (Å²) in [4.78, 5) is 35.7. The Hall–Kier alpha value is -3.27. The molecule has 0 aliphatic carbocycles. The van der Waals surface area contributed by atoms with Crippen molar-refractivity contribution >= 4 is 33.2 Å². The number of carbonyl (C=O) groups is 2. The summed E-state index contributed by atoms with van der Waals surface area (Å²) in [6.07, 6.45) is 0. The topological polar surface area (TPSA) is 127 Å². The van der Waals surface area contributed by atoms with Gasteiger partial charge in [-0.05, 0) is 37.1 Å². The molecule has 9 nitrogen and oxygen atoms in total. The van der Waals surface area contributed by atoms with Crippen molar-refractivity contribution in [2.75, 3.05) is 12.4 Å². The second-order valence-electron chi connectivity index (χ2n) is 6.54. The summed E-state index contributed by atoms with van der Waals surface area (Å²) in [5.74, 6) is -2.93. The van der Waals surface area contributed by atoms with Gasteiger partial charge in [-0.3, -0.25) is 19.7 Å². The quantitative estimate of drug-likeness (QED) is 0.475. The zero-order valence-corrected chi connectivity index (χ0v) is 16.1. The lowest BCUT2D eigenvalue weighted by atomic mass is 9.93. The average Bonchev–Trinajstić information content (AvgIpc) is 2.59. The largest absolute Gasteiger partial charge is 0.325 e. The molecule has 146 valence electrons. The SMILES string of the molecule is Cc1cc(C)c2c(c1)C(C(=O)Nc1ccc([N+](=O)[O-])cc1)C(=O)N(C)S2(=O)=O. The highest BCUT2D eigenvalue weighted by Gasteiger charge is 2.45. The predicted molar refractivity (Wildman–Crippen MR) is 100 cm³/mol. The number of nitro benzene ring substituents is 1. The summed E-state index contributed by atoms with van der Waals surface area (Å²) >= 11 is 0. The Morgan fingerprint density at radius 1 is 1.18 bits per heavy atom. The predicted octanol–water partition coefficient (Wildman–Crippen LogP) is 2.09. The maximum Gasteiger partial charge on any atom is 0.269 e.